The van der Waals surface area contributed by atoms with Crippen LogP contribution in [-0.4, -0.2) is 26.1 Å². The Bertz CT molecular complexity index is 554. The van der Waals surface area contributed by atoms with Gasteiger partial charge in [0.25, 0.3) is 0 Å². The SMILES string of the molecule is CCC(C)C(NS(=O)(=O)c1ccc(C)cc1)C(=O)CCl. The van der Waals surface area contributed by atoms with Gasteiger partial charge in [-0.25, -0.2) is 13.1 Å². The van der Waals surface area contributed by atoms with Crippen molar-refractivity contribution in [2.24, 2.45) is 5.92 Å². The van der Waals surface area contributed by atoms with Crippen LogP contribution in [-0.2, 0) is 14.8 Å². The van der Waals surface area contributed by atoms with Crippen LogP contribution in [0.25, 0.3) is 0 Å². The minimum Gasteiger partial charge on any atom is -0.297 e. The molecule has 0 aliphatic heterocycles. The molecule has 2 unspecified atom stereocenters. The molecule has 1 aromatic rings. The fourth-order valence-corrected chi connectivity index (χ4v) is 3.27. The van der Waals surface area contributed by atoms with E-state index in [2.05, 4.69) is 4.72 Å². The first-order valence-electron chi connectivity index (χ1n) is 6.49. The zero-order valence-corrected chi connectivity index (χ0v) is 13.5. The molecule has 0 radical (unpaired) electrons. The van der Waals surface area contributed by atoms with Gasteiger partial charge in [0.15, 0.2) is 5.78 Å². The van der Waals surface area contributed by atoms with Crippen molar-refractivity contribution < 1.29 is 13.2 Å². The van der Waals surface area contributed by atoms with Crippen LogP contribution in [0.2, 0.25) is 0 Å². The molecular formula is C14H20ClNO3S. The Hall–Kier alpha value is -0.910. The molecule has 0 fully saturated rings. The second-order valence-corrected chi connectivity index (χ2v) is 6.88. The molecule has 2 atom stereocenters. The summed E-state index contributed by atoms with van der Waals surface area (Å²) in [6.45, 7) is 5.61. The Morgan fingerprint density at radius 3 is 2.30 bits per heavy atom. The van der Waals surface area contributed by atoms with Crippen molar-refractivity contribution in [2.75, 3.05) is 5.88 Å². The fraction of sp³-hybridized carbons (Fsp3) is 0.500. The third-order valence-corrected chi connectivity index (χ3v) is 5.03. The van der Waals surface area contributed by atoms with E-state index in [4.69, 9.17) is 11.6 Å². The molecule has 0 aromatic heterocycles. The fourth-order valence-electron chi connectivity index (χ4n) is 1.77. The standard InChI is InChI=1S/C14H20ClNO3S/c1-4-11(3)14(13(17)9-15)16-20(18,19)12-7-5-10(2)6-8-12/h5-8,11,14,16H,4,9H2,1-3H3. The molecule has 6 heteroatoms. The van der Waals surface area contributed by atoms with Gasteiger partial charge in [-0.2, -0.15) is 0 Å². The highest BCUT2D eigenvalue weighted by atomic mass is 35.5. The molecule has 0 saturated carbocycles. The van der Waals surface area contributed by atoms with Crippen molar-refractivity contribution in [2.45, 2.75) is 38.1 Å². The topological polar surface area (TPSA) is 63.2 Å². The van der Waals surface area contributed by atoms with Gasteiger partial charge in [-0.1, -0.05) is 38.0 Å². The molecule has 1 rings (SSSR count). The van der Waals surface area contributed by atoms with Gasteiger partial charge in [0, 0.05) is 0 Å². The van der Waals surface area contributed by atoms with E-state index in [0.29, 0.717) is 6.42 Å². The first-order valence-corrected chi connectivity index (χ1v) is 8.51. The number of sulfonamides is 1. The van der Waals surface area contributed by atoms with Crippen molar-refractivity contribution in [3.63, 3.8) is 0 Å². The summed E-state index contributed by atoms with van der Waals surface area (Å²) in [5.74, 6) is -0.621. The molecule has 0 bridgehead atoms. The number of hydrogen-bond acceptors (Lipinski definition) is 3. The molecule has 0 amide bonds. The normalized spacial score (nSPS) is 14.8. The number of ketones is 1. The highest BCUT2D eigenvalue weighted by Crippen LogP contribution is 2.15. The number of rotatable bonds is 7. The molecule has 1 N–H and O–H groups in total. The average molecular weight is 318 g/mol. The molecular weight excluding hydrogens is 298 g/mol. The molecule has 0 saturated heterocycles. The minimum atomic E-state index is -3.72. The predicted molar refractivity (Wildman–Crippen MR) is 80.5 cm³/mol. The van der Waals surface area contributed by atoms with E-state index in [-0.39, 0.29) is 22.5 Å². The molecule has 0 heterocycles. The van der Waals surface area contributed by atoms with Crippen molar-refractivity contribution in [3.8, 4) is 0 Å². The van der Waals surface area contributed by atoms with Gasteiger partial charge in [0.2, 0.25) is 10.0 Å². The van der Waals surface area contributed by atoms with Crippen LogP contribution in [0.3, 0.4) is 0 Å². The quantitative estimate of drug-likeness (QED) is 0.786. The molecule has 0 spiro atoms. The van der Waals surface area contributed by atoms with Gasteiger partial charge in [-0.3, -0.25) is 4.79 Å². The maximum Gasteiger partial charge on any atom is 0.241 e. The van der Waals surface area contributed by atoms with Gasteiger partial charge in [-0.05, 0) is 25.0 Å². The lowest BCUT2D eigenvalue weighted by Crippen LogP contribution is -2.45. The molecule has 112 valence electrons. The first kappa shape index (κ1) is 17.1. The lowest BCUT2D eigenvalue weighted by Gasteiger charge is -2.22. The summed E-state index contributed by atoms with van der Waals surface area (Å²) in [5, 5.41) is 0. The van der Waals surface area contributed by atoms with Gasteiger partial charge < -0.3 is 0 Å². The smallest absolute Gasteiger partial charge is 0.241 e. The van der Waals surface area contributed by atoms with Gasteiger partial charge in [-0.15, -0.1) is 11.6 Å². The second-order valence-electron chi connectivity index (χ2n) is 4.90. The highest BCUT2D eigenvalue weighted by molar-refractivity contribution is 7.89. The van der Waals surface area contributed by atoms with Crippen LogP contribution in [0.15, 0.2) is 29.2 Å². The van der Waals surface area contributed by atoms with Crippen molar-refractivity contribution in [1.82, 2.24) is 4.72 Å². The third kappa shape index (κ3) is 4.30. The molecule has 20 heavy (non-hydrogen) atoms. The second kappa shape index (κ2) is 7.20. The number of alkyl halides is 1. The van der Waals surface area contributed by atoms with Crippen LogP contribution in [0.4, 0.5) is 0 Å². The number of carbonyl (C=O) groups excluding carboxylic acids is 1. The van der Waals surface area contributed by atoms with E-state index in [1.54, 1.807) is 12.1 Å². The summed E-state index contributed by atoms with van der Waals surface area (Å²) in [5.41, 5.74) is 0.972. The number of aryl methyl sites for hydroxylation is 1. The Morgan fingerprint density at radius 2 is 1.85 bits per heavy atom. The van der Waals surface area contributed by atoms with E-state index < -0.39 is 16.1 Å². The van der Waals surface area contributed by atoms with Crippen LogP contribution < -0.4 is 4.72 Å². The lowest BCUT2D eigenvalue weighted by atomic mass is 9.97. The van der Waals surface area contributed by atoms with Crippen LogP contribution >= 0.6 is 11.6 Å². The zero-order valence-electron chi connectivity index (χ0n) is 11.9. The molecule has 4 nitrogen and oxygen atoms in total. The van der Waals surface area contributed by atoms with Crippen molar-refractivity contribution in [1.29, 1.82) is 0 Å². The van der Waals surface area contributed by atoms with Crippen molar-refractivity contribution in [3.05, 3.63) is 29.8 Å². The maximum absolute atomic E-state index is 12.3. The van der Waals surface area contributed by atoms with E-state index in [0.717, 1.165) is 5.56 Å². The monoisotopic (exact) mass is 317 g/mol. The summed E-state index contributed by atoms with van der Waals surface area (Å²) in [4.78, 5) is 12.0. The third-order valence-electron chi connectivity index (χ3n) is 3.30. The Kier molecular flexibility index (Phi) is 6.17. The van der Waals surface area contributed by atoms with Gasteiger partial charge in [0.05, 0.1) is 16.8 Å². The summed E-state index contributed by atoms with van der Waals surface area (Å²) in [7, 11) is -3.72. The summed E-state index contributed by atoms with van der Waals surface area (Å²) < 4.78 is 27.0. The van der Waals surface area contributed by atoms with E-state index in [9.17, 15) is 13.2 Å². The predicted octanol–water partition coefficient (Wildman–Crippen LogP) is 2.50. The number of hydrogen-bond donors (Lipinski definition) is 1. The van der Waals surface area contributed by atoms with E-state index in [1.165, 1.54) is 12.1 Å². The van der Waals surface area contributed by atoms with Crippen LogP contribution in [0, 0.1) is 12.8 Å². The lowest BCUT2D eigenvalue weighted by molar-refractivity contribution is -0.119. The first-order chi connectivity index (χ1) is 9.31. The number of nitrogens with one attached hydrogen (secondary N) is 1. The van der Waals surface area contributed by atoms with Gasteiger partial charge in [0.1, 0.15) is 0 Å². The van der Waals surface area contributed by atoms with Crippen molar-refractivity contribution >= 4 is 27.4 Å². The average Bonchev–Trinajstić information content (AvgIpc) is 2.43. The summed E-state index contributed by atoms with van der Waals surface area (Å²) in [6.07, 6.45) is 0.684. The Labute approximate surface area is 125 Å². The molecule has 1 aromatic carbocycles. The highest BCUT2D eigenvalue weighted by Gasteiger charge is 2.28. The largest absolute Gasteiger partial charge is 0.297 e. The van der Waals surface area contributed by atoms with Crippen LogP contribution in [0.1, 0.15) is 25.8 Å². The maximum atomic E-state index is 12.3. The number of halogens is 1. The summed E-state index contributed by atoms with van der Waals surface area (Å²) in [6, 6.07) is 5.70. The van der Waals surface area contributed by atoms with Crippen LogP contribution in [0.5, 0.6) is 0 Å². The summed E-state index contributed by atoms with van der Waals surface area (Å²) >= 11 is 5.56. The minimum absolute atomic E-state index is 0.110. The van der Waals surface area contributed by atoms with Gasteiger partial charge >= 0.3 is 0 Å². The Balaban J connectivity index is 3.02. The number of Topliss-reactive ketones (excluding diaryl/α,β-unsaturated/α-hetero) is 1. The van der Waals surface area contributed by atoms with E-state index in [1.807, 2.05) is 20.8 Å². The number of carbonyl (C=O) groups is 1. The number of benzene rings is 1. The van der Waals surface area contributed by atoms with E-state index >= 15 is 0 Å². The molecule has 0 aliphatic rings. The molecule has 0 aliphatic carbocycles. The zero-order chi connectivity index (χ0) is 15.3. The Morgan fingerprint density at radius 1 is 1.30 bits per heavy atom.